The molecule has 1 aliphatic rings. The molecule has 0 saturated heterocycles. The Morgan fingerprint density at radius 3 is 2.56 bits per heavy atom. The molecule has 0 radical (unpaired) electrons. The zero-order chi connectivity index (χ0) is 12.7. The van der Waals surface area contributed by atoms with Crippen molar-refractivity contribution in [2.75, 3.05) is 0 Å². The zero-order valence-electron chi connectivity index (χ0n) is 9.61. The van der Waals surface area contributed by atoms with Crippen molar-refractivity contribution < 1.29 is 9.50 Å². The van der Waals surface area contributed by atoms with Crippen LogP contribution in [-0.4, -0.2) is 14.9 Å². The standard InChI is InChI=1S/C13H12ClFN2O/c14-13-11(7-18)12(8-1-2-8)16-17(13)10-5-3-9(15)4-6-10/h3-6,8,18H,1-2,7H2. The van der Waals surface area contributed by atoms with Crippen LogP contribution in [-0.2, 0) is 6.61 Å². The summed E-state index contributed by atoms with van der Waals surface area (Å²) in [5.41, 5.74) is 2.25. The molecule has 3 nitrogen and oxygen atoms in total. The summed E-state index contributed by atoms with van der Waals surface area (Å²) in [6.45, 7) is -0.119. The summed E-state index contributed by atoms with van der Waals surface area (Å²) >= 11 is 6.22. The van der Waals surface area contributed by atoms with E-state index in [1.54, 1.807) is 16.8 Å². The highest BCUT2D eigenvalue weighted by atomic mass is 35.5. The van der Waals surface area contributed by atoms with Crippen LogP contribution in [0.3, 0.4) is 0 Å². The number of rotatable bonds is 3. The summed E-state index contributed by atoms with van der Waals surface area (Å²) < 4.78 is 14.4. The highest BCUT2D eigenvalue weighted by molar-refractivity contribution is 6.30. The fraction of sp³-hybridized carbons (Fsp3) is 0.308. The van der Waals surface area contributed by atoms with E-state index in [-0.39, 0.29) is 12.4 Å². The Kier molecular flexibility index (Phi) is 2.84. The predicted octanol–water partition coefficient (Wildman–Crippen LogP) is 3.03. The molecular formula is C13H12ClFN2O. The molecule has 1 aromatic heterocycles. The number of benzene rings is 1. The second kappa shape index (κ2) is 4.37. The van der Waals surface area contributed by atoms with Crippen LogP contribution in [0.4, 0.5) is 4.39 Å². The van der Waals surface area contributed by atoms with Crippen LogP contribution in [0.2, 0.25) is 5.15 Å². The fourth-order valence-electron chi connectivity index (χ4n) is 2.03. The molecule has 0 bridgehead atoms. The van der Waals surface area contributed by atoms with Gasteiger partial charge < -0.3 is 5.11 Å². The third-order valence-electron chi connectivity index (χ3n) is 3.15. The molecule has 0 unspecified atom stereocenters. The second-order valence-corrected chi connectivity index (χ2v) is 4.83. The first-order valence-corrected chi connectivity index (χ1v) is 6.22. The Labute approximate surface area is 109 Å². The van der Waals surface area contributed by atoms with Gasteiger partial charge in [-0.2, -0.15) is 5.10 Å². The van der Waals surface area contributed by atoms with Gasteiger partial charge in [-0.05, 0) is 37.1 Å². The van der Waals surface area contributed by atoms with E-state index in [2.05, 4.69) is 5.10 Å². The third kappa shape index (κ3) is 1.91. The quantitative estimate of drug-likeness (QED) is 0.927. The second-order valence-electron chi connectivity index (χ2n) is 4.48. The average molecular weight is 267 g/mol. The lowest BCUT2D eigenvalue weighted by Crippen LogP contribution is -1.97. The Morgan fingerprint density at radius 1 is 1.33 bits per heavy atom. The van der Waals surface area contributed by atoms with Crippen molar-refractivity contribution in [1.82, 2.24) is 9.78 Å². The van der Waals surface area contributed by atoms with Crippen molar-refractivity contribution in [1.29, 1.82) is 0 Å². The van der Waals surface area contributed by atoms with Crippen molar-refractivity contribution in [2.45, 2.75) is 25.4 Å². The first kappa shape index (κ1) is 11.7. The smallest absolute Gasteiger partial charge is 0.138 e. The van der Waals surface area contributed by atoms with E-state index in [1.807, 2.05) is 0 Å². The zero-order valence-corrected chi connectivity index (χ0v) is 10.4. The van der Waals surface area contributed by atoms with Gasteiger partial charge in [0.1, 0.15) is 11.0 Å². The molecule has 94 valence electrons. The Bertz CT molecular complexity index is 575. The molecule has 18 heavy (non-hydrogen) atoms. The summed E-state index contributed by atoms with van der Waals surface area (Å²) in [4.78, 5) is 0. The number of hydrogen-bond donors (Lipinski definition) is 1. The fourth-order valence-corrected chi connectivity index (χ4v) is 2.32. The molecule has 0 amide bonds. The molecule has 1 fully saturated rings. The minimum atomic E-state index is -0.299. The first-order valence-electron chi connectivity index (χ1n) is 5.85. The van der Waals surface area contributed by atoms with Gasteiger partial charge in [-0.1, -0.05) is 11.6 Å². The van der Waals surface area contributed by atoms with Crippen molar-refractivity contribution >= 4 is 11.6 Å². The summed E-state index contributed by atoms with van der Waals surface area (Å²) in [6, 6.07) is 5.96. The van der Waals surface area contributed by atoms with E-state index in [0.717, 1.165) is 18.5 Å². The van der Waals surface area contributed by atoms with Gasteiger partial charge in [0.15, 0.2) is 0 Å². The number of halogens is 2. The van der Waals surface area contributed by atoms with Gasteiger partial charge in [0, 0.05) is 11.5 Å². The SMILES string of the molecule is OCc1c(C2CC2)nn(-c2ccc(F)cc2)c1Cl. The van der Waals surface area contributed by atoms with E-state index in [0.29, 0.717) is 22.3 Å². The number of aromatic nitrogens is 2. The van der Waals surface area contributed by atoms with Crippen molar-refractivity contribution in [3.63, 3.8) is 0 Å². The van der Waals surface area contributed by atoms with Crippen molar-refractivity contribution in [3.8, 4) is 5.69 Å². The topological polar surface area (TPSA) is 38.1 Å². The van der Waals surface area contributed by atoms with E-state index < -0.39 is 0 Å². The van der Waals surface area contributed by atoms with Gasteiger partial charge >= 0.3 is 0 Å². The Balaban J connectivity index is 2.08. The minimum absolute atomic E-state index is 0.119. The van der Waals surface area contributed by atoms with Gasteiger partial charge in [-0.15, -0.1) is 0 Å². The molecule has 1 N–H and O–H groups in total. The maximum absolute atomic E-state index is 12.9. The van der Waals surface area contributed by atoms with Gasteiger partial charge in [-0.25, -0.2) is 9.07 Å². The van der Waals surface area contributed by atoms with Crippen LogP contribution in [0.1, 0.15) is 30.0 Å². The number of aliphatic hydroxyl groups excluding tert-OH is 1. The van der Waals surface area contributed by atoms with Gasteiger partial charge in [0.25, 0.3) is 0 Å². The first-order chi connectivity index (χ1) is 8.70. The molecule has 0 atom stereocenters. The molecule has 1 aromatic carbocycles. The highest BCUT2D eigenvalue weighted by Crippen LogP contribution is 2.43. The van der Waals surface area contributed by atoms with Gasteiger partial charge in [0.05, 0.1) is 18.0 Å². The summed E-state index contributed by atoms with van der Waals surface area (Å²) in [5.74, 6) is 0.109. The molecule has 0 spiro atoms. The van der Waals surface area contributed by atoms with E-state index >= 15 is 0 Å². The summed E-state index contributed by atoms with van der Waals surface area (Å²) in [7, 11) is 0. The molecule has 5 heteroatoms. The van der Waals surface area contributed by atoms with Crippen LogP contribution < -0.4 is 0 Å². The predicted molar refractivity (Wildman–Crippen MR) is 66.4 cm³/mol. The lowest BCUT2D eigenvalue weighted by Gasteiger charge is -2.02. The van der Waals surface area contributed by atoms with Gasteiger partial charge in [0.2, 0.25) is 0 Å². The summed E-state index contributed by atoms with van der Waals surface area (Å²) in [6.07, 6.45) is 2.17. The Hall–Kier alpha value is -1.39. The van der Waals surface area contributed by atoms with Crippen LogP contribution in [0.5, 0.6) is 0 Å². The van der Waals surface area contributed by atoms with Crippen molar-refractivity contribution in [3.05, 3.63) is 46.5 Å². The van der Waals surface area contributed by atoms with Crippen LogP contribution in [0, 0.1) is 5.82 Å². The minimum Gasteiger partial charge on any atom is -0.391 e. The number of hydrogen-bond acceptors (Lipinski definition) is 2. The molecule has 3 rings (SSSR count). The third-order valence-corrected chi connectivity index (χ3v) is 3.53. The highest BCUT2D eigenvalue weighted by Gasteiger charge is 2.31. The summed E-state index contributed by atoms with van der Waals surface area (Å²) in [5, 5.41) is 14.2. The maximum atomic E-state index is 12.9. The molecule has 0 aliphatic heterocycles. The molecule has 2 aromatic rings. The van der Waals surface area contributed by atoms with Crippen molar-refractivity contribution in [2.24, 2.45) is 0 Å². The molecule has 1 heterocycles. The lowest BCUT2D eigenvalue weighted by molar-refractivity contribution is 0.280. The number of aliphatic hydroxyl groups is 1. The van der Waals surface area contributed by atoms with E-state index in [1.165, 1.54) is 12.1 Å². The normalized spacial score (nSPS) is 15.1. The van der Waals surface area contributed by atoms with E-state index in [9.17, 15) is 9.50 Å². The largest absolute Gasteiger partial charge is 0.391 e. The number of nitrogens with zero attached hydrogens (tertiary/aromatic N) is 2. The van der Waals surface area contributed by atoms with Crippen LogP contribution >= 0.6 is 11.6 Å². The molecule has 1 aliphatic carbocycles. The average Bonchev–Trinajstić information content (AvgIpc) is 3.15. The molecule has 1 saturated carbocycles. The monoisotopic (exact) mass is 266 g/mol. The van der Waals surface area contributed by atoms with Crippen LogP contribution in [0.15, 0.2) is 24.3 Å². The molecular weight excluding hydrogens is 255 g/mol. The lowest BCUT2D eigenvalue weighted by atomic mass is 10.2. The van der Waals surface area contributed by atoms with Crippen LogP contribution in [0.25, 0.3) is 5.69 Å². The maximum Gasteiger partial charge on any atom is 0.138 e. The Morgan fingerprint density at radius 2 is 2.00 bits per heavy atom. The van der Waals surface area contributed by atoms with E-state index in [4.69, 9.17) is 11.6 Å². The van der Waals surface area contributed by atoms with Gasteiger partial charge in [-0.3, -0.25) is 0 Å².